The summed E-state index contributed by atoms with van der Waals surface area (Å²) >= 11 is 0. The first-order valence-electron chi connectivity index (χ1n) is 10.6. The Balaban J connectivity index is 2.92. The van der Waals surface area contributed by atoms with Crippen LogP contribution < -0.4 is 21.3 Å². The van der Waals surface area contributed by atoms with Gasteiger partial charge in [0.05, 0.1) is 12.5 Å². The van der Waals surface area contributed by atoms with E-state index in [1.807, 2.05) is 0 Å². The van der Waals surface area contributed by atoms with E-state index in [1.165, 1.54) is 0 Å². The van der Waals surface area contributed by atoms with E-state index in [9.17, 15) is 29.1 Å². The summed E-state index contributed by atoms with van der Waals surface area (Å²) in [5.41, 5.74) is 0. The lowest BCUT2D eigenvalue weighted by Gasteiger charge is -2.27. The van der Waals surface area contributed by atoms with Crippen LogP contribution in [0.3, 0.4) is 0 Å². The minimum absolute atomic E-state index is 0.328. The molecule has 5 atom stereocenters. The molecule has 1 saturated heterocycles. The van der Waals surface area contributed by atoms with Crippen LogP contribution in [-0.2, 0) is 24.0 Å². The first kappa shape index (κ1) is 26.3. The summed E-state index contributed by atoms with van der Waals surface area (Å²) in [6, 6.07) is -4.10. The molecule has 0 aromatic rings. The van der Waals surface area contributed by atoms with E-state index in [0.717, 1.165) is 6.42 Å². The quantitative estimate of drug-likeness (QED) is 0.233. The van der Waals surface area contributed by atoms with Gasteiger partial charge in [-0.1, -0.05) is 34.1 Å². The number of nitrogens with one attached hydrogen (secondary N) is 4. The van der Waals surface area contributed by atoms with Crippen molar-refractivity contribution in [3.05, 3.63) is 0 Å². The molecule has 0 aromatic carbocycles. The van der Waals surface area contributed by atoms with Crippen molar-refractivity contribution in [2.45, 2.75) is 77.5 Å². The summed E-state index contributed by atoms with van der Waals surface area (Å²) in [5.74, 6) is -5.27. The maximum Gasteiger partial charge on any atom is 0.326 e. The van der Waals surface area contributed by atoms with E-state index in [2.05, 4.69) is 21.3 Å². The molecule has 0 bridgehead atoms. The van der Waals surface area contributed by atoms with Crippen LogP contribution in [0.25, 0.3) is 0 Å². The highest BCUT2D eigenvalue weighted by atomic mass is 16.4. The molecule has 1 aliphatic rings. The third-order valence-electron chi connectivity index (χ3n) is 5.41. The van der Waals surface area contributed by atoms with Crippen LogP contribution in [0.2, 0.25) is 0 Å². The minimum Gasteiger partial charge on any atom is -0.481 e. The summed E-state index contributed by atoms with van der Waals surface area (Å²) in [4.78, 5) is 60.5. The number of amides is 3. The number of carboxylic acid groups (broad SMARTS) is 2. The zero-order valence-electron chi connectivity index (χ0n) is 18.4. The van der Waals surface area contributed by atoms with E-state index in [1.54, 1.807) is 27.7 Å². The summed E-state index contributed by atoms with van der Waals surface area (Å²) in [6.45, 7) is 7.53. The van der Waals surface area contributed by atoms with Gasteiger partial charge in [-0.25, -0.2) is 4.79 Å². The summed E-state index contributed by atoms with van der Waals surface area (Å²) in [7, 11) is 0. The second kappa shape index (κ2) is 12.2. The third-order valence-corrected chi connectivity index (χ3v) is 5.41. The van der Waals surface area contributed by atoms with Gasteiger partial charge in [0.1, 0.15) is 18.1 Å². The fraction of sp³-hybridized carbons (Fsp3) is 0.750. The Morgan fingerprint density at radius 3 is 2.06 bits per heavy atom. The van der Waals surface area contributed by atoms with Gasteiger partial charge < -0.3 is 31.5 Å². The van der Waals surface area contributed by atoms with Crippen LogP contribution in [0, 0.1) is 11.8 Å². The lowest BCUT2D eigenvalue weighted by Crippen LogP contribution is -2.59. The number of carbonyl (C=O) groups is 5. The van der Waals surface area contributed by atoms with E-state index >= 15 is 0 Å². The Hall–Kier alpha value is -2.69. The number of carboxylic acids is 2. The predicted octanol–water partition coefficient (Wildman–Crippen LogP) is -0.546. The van der Waals surface area contributed by atoms with Gasteiger partial charge in [-0.3, -0.25) is 19.2 Å². The standard InChI is InChI=1S/C20H34N4O7/c1-5-11(4)16(20(30)31)24-18(28)13(9-14(25)26)22-19(29)15(10(2)3)23-17(27)12-7-6-8-21-12/h10-13,15-16,21H,5-9H2,1-4H3,(H,22,29)(H,23,27)(H,24,28)(H,25,26)(H,30,31). The molecule has 5 unspecified atom stereocenters. The largest absolute Gasteiger partial charge is 0.481 e. The Morgan fingerprint density at radius 2 is 1.61 bits per heavy atom. The number of carbonyl (C=O) groups excluding carboxylic acids is 3. The molecule has 1 aliphatic heterocycles. The molecule has 1 fully saturated rings. The van der Waals surface area contributed by atoms with Gasteiger partial charge in [-0.05, 0) is 31.2 Å². The van der Waals surface area contributed by atoms with E-state index < -0.39 is 60.3 Å². The van der Waals surface area contributed by atoms with E-state index in [-0.39, 0.29) is 11.8 Å². The van der Waals surface area contributed by atoms with Crippen molar-refractivity contribution in [2.75, 3.05) is 6.54 Å². The van der Waals surface area contributed by atoms with Gasteiger partial charge in [-0.15, -0.1) is 0 Å². The van der Waals surface area contributed by atoms with Crippen LogP contribution in [0.5, 0.6) is 0 Å². The first-order chi connectivity index (χ1) is 14.5. The average molecular weight is 443 g/mol. The monoisotopic (exact) mass is 442 g/mol. The number of rotatable bonds is 12. The van der Waals surface area contributed by atoms with Crippen molar-refractivity contribution in [1.29, 1.82) is 0 Å². The van der Waals surface area contributed by atoms with E-state index in [0.29, 0.717) is 19.4 Å². The van der Waals surface area contributed by atoms with Crippen LogP contribution in [0.4, 0.5) is 0 Å². The Labute approximate surface area is 181 Å². The van der Waals surface area contributed by atoms with Crippen molar-refractivity contribution >= 4 is 29.7 Å². The van der Waals surface area contributed by atoms with Crippen molar-refractivity contribution in [2.24, 2.45) is 11.8 Å². The van der Waals surface area contributed by atoms with Crippen molar-refractivity contribution < 1.29 is 34.2 Å². The van der Waals surface area contributed by atoms with Crippen molar-refractivity contribution in [1.82, 2.24) is 21.3 Å². The van der Waals surface area contributed by atoms with Gasteiger partial charge in [-0.2, -0.15) is 0 Å². The molecule has 176 valence electrons. The summed E-state index contributed by atoms with van der Waals surface area (Å²) < 4.78 is 0. The molecule has 1 heterocycles. The fourth-order valence-electron chi connectivity index (χ4n) is 3.28. The Morgan fingerprint density at radius 1 is 0.968 bits per heavy atom. The number of aliphatic carboxylic acids is 2. The Bertz CT molecular complexity index is 676. The first-order valence-corrected chi connectivity index (χ1v) is 10.6. The number of hydrogen-bond donors (Lipinski definition) is 6. The molecule has 11 heteroatoms. The molecular formula is C20H34N4O7. The molecule has 0 spiro atoms. The van der Waals surface area contributed by atoms with Crippen LogP contribution in [0.15, 0.2) is 0 Å². The Kier molecular flexibility index (Phi) is 10.4. The molecule has 0 saturated carbocycles. The van der Waals surface area contributed by atoms with Gasteiger partial charge in [0.15, 0.2) is 0 Å². The van der Waals surface area contributed by atoms with Crippen LogP contribution in [-0.4, -0.2) is 70.6 Å². The van der Waals surface area contributed by atoms with Gasteiger partial charge in [0.25, 0.3) is 0 Å². The highest BCUT2D eigenvalue weighted by Gasteiger charge is 2.34. The topological polar surface area (TPSA) is 174 Å². The molecule has 0 aliphatic carbocycles. The van der Waals surface area contributed by atoms with Crippen molar-refractivity contribution in [3.63, 3.8) is 0 Å². The van der Waals surface area contributed by atoms with Gasteiger partial charge in [0.2, 0.25) is 17.7 Å². The highest BCUT2D eigenvalue weighted by molar-refractivity contribution is 5.95. The molecule has 11 nitrogen and oxygen atoms in total. The molecule has 6 N–H and O–H groups in total. The summed E-state index contributed by atoms with van der Waals surface area (Å²) in [5, 5.41) is 28.9. The van der Waals surface area contributed by atoms with Crippen molar-refractivity contribution in [3.8, 4) is 0 Å². The van der Waals surface area contributed by atoms with Gasteiger partial charge >= 0.3 is 11.9 Å². The third kappa shape index (κ3) is 8.16. The lowest BCUT2D eigenvalue weighted by molar-refractivity contribution is -0.144. The maximum atomic E-state index is 12.8. The second-order valence-electron chi connectivity index (χ2n) is 8.25. The lowest BCUT2D eigenvalue weighted by atomic mass is 9.98. The highest BCUT2D eigenvalue weighted by Crippen LogP contribution is 2.10. The fourth-order valence-corrected chi connectivity index (χ4v) is 3.28. The van der Waals surface area contributed by atoms with Gasteiger partial charge in [0, 0.05) is 0 Å². The second-order valence-corrected chi connectivity index (χ2v) is 8.25. The molecule has 0 radical (unpaired) electrons. The molecular weight excluding hydrogens is 408 g/mol. The smallest absolute Gasteiger partial charge is 0.326 e. The zero-order chi connectivity index (χ0) is 23.7. The van der Waals surface area contributed by atoms with Crippen LogP contribution in [0.1, 0.15) is 53.4 Å². The maximum absolute atomic E-state index is 12.8. The molecule has 31 heavy (non-hydrogen) atoms. The predicted molar refractivity (Wildman–Crippen MR) is 111 cm³/mol. The number of hydrogen-bond acceptors (Lipinski definition) is 6. The molecule has 3 amide bonds. The summed E-state index contributed by atoms with van der Waals surface area (Å²) in [6.07, 6.45) is 1.24. The SMILES string of the molecule is CCC(C)C(NC(=O)C(CC(=O)O)NC(=O)C(NC(=O)C1CCCN1)C(C)C)C(=O)O. The average Bonchev–Trinajstić information content (AvgIpc) is 3.22. The van der Waals surface area contributed by atoms with Crippen LogP contribution >= 0.6 is 0 Å². The normalized spacial score (nSPS) is 19.7. The molecule has 0 aromatic heterocycles. The molecule has 1 rings (SSSR count). The van der Waals surface area contributed by atoms with E-state index in [4.69, 9.17) is 5.11 Å². The minimum atomic E-state index is -1.49. The zero-order valence-corrected chi connectivity index (χ0v) is 18.4.